The Morgan fingerprint density at radius 2 is 1.67 bits per heavy atom. The van der Waals surface area contributed by atoms with Crippen LogP contribution in [0.25, 0.3) is 0 Å². The molecule has 3 aromatic rings. The number of pyridine rings is 1. The van der Waals surface area contributed by atoms with Gasteiger partial charge < -0.3 is 20.5 Å². The molecule has 3 N–H and O–H groups in total. The van der Waals surface area contributed by atoms with E-state index in [1.807, 2.05) is 0 Å². The van der Waals surface area contributed by atoms with Gasteiger partial charge in [-0.3, -0.25) is 9.78 Å². The predicted octanol–water partition coefficient (Wildman–Crippen LogP) is 6.61. The number of carboxylic acid groups (broad SMARTS) is 1. The third-order valence-electron chi connectivity index (χ3n) is 6.03. The van der Waals surface area contributed by atoms with E-state index in [1.54, 1.807) is 31.2 Å². The molecule has 0 spiro atoms. The number of carbonyl (C=O) groups is 2. The van der Waals surface area contributed by atoms with Gasteiger partial charge in [0, 0.05) is 18.7 Å². The number of carbonyl (C=O) groups excluding carboxylic acids is 1. The molecule has 2 amide bonds. The van der Waals surface area contributed by atoms with Gasteiger partial charge in [-0.2, -0.15) is 30.7 Å². The minimum Gasteiger partial charge on any atom is -0.481 e. The van der Waals surface area contributed by atoms with Crippen LogP contribution in [0.2, 0.25) is 5.02 Å². The lowest BCUT2D eigenvalue weighted by Gasteiger charge is -2.36. The Hall–Kier alpha value is -4.14. The smallest absolute Gasteiger partial charge is 0.461 e. The van der Waals surface area contributed by atoms with E-state index in [4.69, 9.17) is 16.7 Å². The number of carboxylic acids is 1. The SMILES string of the molecule is Cc1ccc(CC(NC(=O)NC(CC(=O)O)C(F)(F)F)(c2cc(F)cc(OC(F)(F)C(F)F)c2)c2ccc(Cl)cn2)cc1. The van der Waals surface area contributed by atoms with Gasteiger partial charge in [0.2, 0.25) is 0 Å². The fourth-order valence-electron chi connectivity index (χ4n) is 4.04. The monoisotopic (exact) mass is 639 g/mol. The molecule has 7 nitrogen and oxygen atoms in total. The second kappa shape index (κ2) is 13.0. The summed E-state index contributed by atoms with van der Waals surface area (Å²) in [5.74, 6) is -4.30. The molecule has 0 fully saturated rings. The number of aryl methyl sites for hydroxylation is 1. The van der Waals surface area contributed by atoms with Gasteiger partial charge in [-0.15, -0.1) is 0 Å². The van der Waals surface area contributed by atoms with Crippen molar-refractivity contribution in [2.75, 3.05) is 0 Å². The number of alkyl halides is 7. The summed E-state index contributed by atoms with van der Waals surface area (Å²) in [5, 5.41) is 12.8. The quantitative estimate of drug-likeness (QED) is 0.205. The molecule has 0 saturated heterocycles. The summed E-state index contributed by atoms with van der Waals surface area (Å²) in [7, 11) is 0. The van der Waals surface area contributed by atoms with Gasteiger partial charge >= 0.3 is 30.7 Å². The fraction of sp³-hybridized carbons (Fsp3) is 0.296. The summed E-state index contributed by atoms with van der Waals surface area (Å²) in [4.78, 5) is 28.3. The van der Waals surface area contributed by atoms with Crippen LogP contribution in [-0.2, 0) is 16.8 Å². The molecule has 43 heavy (non-hydrogen) atoms. The number of nitrogens with zero attached hydrogens (tertiary/aromatic N) is 1. The number of halogens is 9. The topological polar surface area (TPSA) is 101 Å². The molecule has 0 radical (unpaired) electrons. The lowest BCUT2D eigenvalue weighted by molar-refractivity contribution is -0.253. The van der Waals surface area contributed by atoms with Crippen molar-refractivity contribution >= 4 is 23.6 Å². The Kier molecular flexibility index (Phi) is 10.1. The van der Waals surface area contributed by atoms with E-state index >= 15 is 0 Å². The van der Waals surface area contributed by atoms with E-state index < -0.39 is 72.3 Å². The molecular formula is C27H22ClF8N3O4. The lowest BCUT2D eigenvalue weighted by Crippen LogP contribution is -2.57. The molecule has 0 bridgehead atoms. The molecule has 0 aliphatic heterocycles. The van der Waals surface area contributed by atoms with Crippen LogP contribution < -0.4 is 15.4 Å². The second-order valence-corrected chi connectivity index (χ2v) is 9.80. The maximum absolute atomic E-state index is 14.9. The summed E-state index contributed by atoms with van der Waals surface area (Å²) in [6.45, 7) is 1.74. The number of aromatic nitrogens is 1. The summed E-state index contributed by atoms with van der Waals surface area (Å²) < 4.78 is 113. The Balaban J connectivity index is 2.25. The molecule has 3 rings (SSSR count). The summed E-state index contributed by atoms with van der Waals surface area (Å²) in [6.07, 6.45) is -15.5. The van der Waals surface area contributed by atoms with Crippen molar-refractivity contribution in [3.63, 3.8) is 0 Å². The molecule has 2 aromatic carbocycles. The average molecular weight is 640 g/mol. The van der Waals surface area contributed by atoms with Crippen LogP contribution in [0.15, 0.2) is 60.8 Å². The number of amides is 2. The standard InChI is InChI=1S/C27H22ClF8N3O4/c1-14-2-4-15(5-3-14)12-25(20-7-6-17(28)13-37-20,39-24(42)38-21(11-22(40)41)26(32,33)34)16-8-18(29)10-19(9-16)43-27(35,36)23(30)31/h2-10,13,21,23H,11-12H2,1H3,(H,40,41)(H2,38,39,42). The molecule has 232 valence electrons. The fourth-order valence-corrected chi connectivity index (χ4v) is 4.15. The molecule has 0 aliphatic rings. The first-order valence-corrected chi connectivity index (χ1v) is 12.5. The zero-order valence-corrected chi connectivity index (χ0v) is 22.6. The number of aliphatic carboxylic acids is 1. The predicted molar refractivity (Wildman–Crippen MR) is 137 cm³/mol. The van der Waals surface area contributed by atoms with Crippen molar-refractivity contribution in [3.8, 4) is 5.75 Å². The van der Waals surface area contributed by atoms with E-state index in [9.17, 15) is 44.7 Å². The normalized spacial score (nSPS) is 14.1. The maximum atomic E-state index is 14.9. The molecule has 1 aromatic heterocycles. The van der Waals surface area contributed by atoms with Crippen LogP contribution >= 0.6 is 11.6 Å². The number of ether oxygens (including phenoxy) is 1. The number of hydrogen-bond donors (Lipinski definition) is 3. The Morgan fingerprint density at radius 3 is 2.21 bits per heavy atom. The lowest BCUT2D eigenvalue weighted by atomic mass is 9.80. The largest absolute Gasteiger partial charge is 0.481 e. The summed E-state index contributed by atoms with van der Waals surface area (Å²) >= 11 is 5.93. The summed E-state index contributed by atoms with van der Waals surface area (Å²) in [5.41, 5.74) is -1.72. The molecule has 0 aliphatic carbocycles. The van der Waals surface area contributed by atoms with Crippen molar-refractivity contribution < 1.29 is 54.6 Å². The highest BCUT2D eigenvalue weighted by Gasteiger charge is 2.46. The highest BCUT2D eigenvalue weighted by molar-refractivity contribution is 6.30. The van der Waals surface area contributed by atoms with Crippen LogP contribution in [0.4, 0.5) is 39.9 Å². The van der Waals surface area contributed by atoms with Crippen LogP contribution in [0.1, 0.15) is 28.8 Å². The minimum absolute atomic E-state index is 0.0656. The number of rotatable bonds is 11. The van der Waals surface area contributed by atoms with Crippen LogP contribution in [0.3, 0.4) is 0 Å². The molecule has 2 atom stereocenters. The van der Waals surface area contributed by atoms with Gasteiger partial charge in [0.25, 0.3) is 0 Å². The molecule has 2 unspecified atom stereocenters. The van der Waals surface area contributed by atoms with Gasteiger partial charge in [0.15, 0.2) is 0 Å². The van der Waals surface area contributed by atoms with Gasteiger partial charge in [-0.25, -0.2) is 9.18 Å². The van der Waals surface area contributed by atoms with E-state index in [1.165, 1.54) is 17.4 Å². The molecule has 1 heterocycles. The first-order chi connectivity index (χ1) is 19.9. The van der Waals surface area contributed by atoms with Crippen molar-refractivity contribution in [3.05, 3.63) is 94.0 Å². The third kappa shape index (κ3) is 8.69. The number of benzene rings is 2. The number of hydrogen-bond acceptors (Lipinski definition) is 4. The summed E-state index contributed by atoms with van der Waals surface area (Å²) in [6, 6.07) is 6.07. The van der Waals surface area contributed by atoms with Gasteiger partial charge in [0.1, 0.15) is 23.1 Å². The van der Waals surface area contributed by atoms with E-state index in [0.29, 0.717) is 23.8 Å². The second-order valence-electron chi connectivity index (χ2n) is 9.36. The Bertz CT molecular complexity index is 1440. The third-order valence-corrected chi connectivity index (χ3v) is 6.26. The van der Waals surface area contributed by atoms with Gasteiger partial charge in [-0.1, -0.05) is 41.4 Å². The van der Waals surface area contributed by atoms with Gasteiger partial charge in [0.05, 0.1) is 17.1 Å². The minimum atomic E-state index is -5.21. The first kappa shape index (κ1) is 33.4. The highest BCUT2D eigenvalue weighted by Crippen LogP contribution is 2.37. The van der Waals surface area contributed by atoms with Crippen LogP contribution in [0, 0.1) is 12.7 Å². The zero-order chi connectivity index (χ0) is 32.2. The van der Waals surface area contributed by atoms with E-state index in [0.717, 1.165) is 11.8 Å². The zero-order valence-electron chi connectivity index (χ0n) is 21.9. The molecule has 16 heteroatoms. The highest BCUT2D eigenvalue weighted by atomic mass is 35.5. The maximum Gasteiger partial charge on any atom is 0.461 e. The van der Waals surface area contributed by atoms with Crippen molar-refractivity contribution in [2.24, 2.45) is 0 Å². The molecular weight excluding hydrogens is 618 g/mol. The molecule has 0 saturated carbocycles. The van der Waals surface area contributed by atoms with Crippen LogP contribution in [-0.4, -0.2) is 46.8 Å². The van der Waals surface area contributed by atoms with Crippen molar-refractivity contribution in [2.45, 2.75) is 50.1 Å². The first-order valence-electron chi connectivity index (χ1n) is 12.1. The van der Waals surface area contributed by atoms with Gasteiger partial charge in [-0.05, 0) is 42.3 Å². The van der Waals surface area contributed by atoms with E-state index in [-0.39, 0.29) is 10.7 Å². The van der Waals surface area contributed by atoms with E-state index in [2.05, 4.69) is 15.0 Å². The van der Waals surface area contributed by atoms with Crippen LogP contribution in [0.5, 0.6) is 5.75 Å². The average Bonchev–Trinajstić information content (AvgIpc) is 2.88. The number of urea groups is 1. The Labute approximate surface area is 243 Å². The number of nitrogens with one attached hydrogen (secondary N) is 2. The van der Waals surface area contributed by atoms with Crippen molar-refractivity contribution in [1.29, 1.82) is 0 Å². The van der Waals surface area contributed by atoms with Crippen molar-refractivity contribution in [1.82, 2.24) is 15.6 Å². The Morgan fingerprint density at radius 1 is 1.02 bits per heavy atom.